The van der Waals surface area contributed by atoms with Gasteiger partial charge in [-0.1, -0.05) is 30.3 Å². The van der Waals surface area contributed by atoms with E-state index in [9.17, 15) is 8.42 Å². The lowest BCUT2D eigenvalue weighted by Gasteiger charge is -2.16. The molecule has 0 aliphatic carbocycles. The van der Waals surface area contributed by atoms with Crippen LogP contribution in [0.15, 0.2) is 68.9 Å². The molecule has 1 heterocycles. The molecule has 0 aliphatic rings. The van der Waals surface area contributed by atoms with Gasteiger partial charge in [0, 0.05) is 24.7 Å². The van der Waals surface area contributed by atoms with E-state index in [1.165, 1.54) is 6.26 Å². The van der Waals surface area contributed by atoms with Crippen LogP contribution in [-0.4, -0.2) is 33.7 Å². The van der Waals surface area contributed by atoms with Gasteiger partial charge in [0.15, 0.2) is 15.8 Å². The van der Waals surface area contributed by atoms with E-state index in [0.717, 1.165) is 35.3 Å². The quantitative estimate of drug-likeness (QED) is 0.456. The van der Waals surface area contributed by atoms with Crippen LogP contribution < -0.4 is 10.6 Å². The number of aliphatic imine (C=N–C) groups is 1. The van der Waals surface area contributed by atoms with Crippen LogP contribution in [0.4, 0.5) is 0 Å². The van der Waals surface area contributed by atoms with Gasteiger partial charge >= 0.3 is 0 Å². The third-order valence-electron chi connectivity index (χ3n) is 4.59. The van der Waals surface area contributed by atoms with Gasteiger partial charge in [-0.15, -0.1) is 0 Å². The zero-order valence-corrected chi connectivity index (χ0v) is 17.8. The van der Waals surface area contributed by atoms with E-state index in [2.05, 4.69) is 15.6 Å². The highest BCUT2D eigenvalue weighted by Crippen LogP contribution is 2.23. The minimum Gasteiger partial charge on any atom is -0.459 e. The zero-order valence-electron chi connectivity index (χ0n) is 17.0. The lowest BCUT2D eigenvalue weighted by Crippen LogP contribution is -2.38. The zero-order chi connectivity index (χ0) is 20.9. The Balaban J connectivity index is 1.63. The van der Waals surface area contributed by atoms with Crippen molar-refractivity contribution in [3.05, 3.63) is 65.9 Å². The number of nitrogens with one attached hydrogen (secondary N) is 2. The first-order valence-electron chi connectivity index (χ1n) is 9.69. The lowest BCUT2D eigenvalue weighted by molar-refractivity contribution is 0.488. The summed E-state index contributed by atoms with van der Waals surface area (Å²) in [6, 6.07) is 16.9. The highest BCUT2D eigenvalue weighted by atomic mass is 32.2. The van der Waals surface area contributed by atoms with E-state index in [1.54, 1.807) is 12.1 Å². The van der Waals surface area contributed by atoms with E-state index in [-0.39, 0.29) is 6.04 Å². The third-order valence-corrected chi connectivity index (χ3v) is 5.72. The molecule has 154 valence electrons. The smallest absolute Gasteiger partial charge is 0.191 e. The molecular formula is C22H27N3O3S. The van der Waals surface area contributed by atoms with Crippen molar-refractivity contribution in [3.8, 4) is 0 Å². The Bertz CT molecular complexity index is 1050. The third kappa shape index (κ3) is 5.60. The molecular weight excluding hydrogens is 386 g/mol. The number of fused-ring (bicyclic) bond motifs is 1. The molecule has 3 aromatic rings. The fraction of sp³-hybridized carbons (Fsp3) is 0.318. The predicted molar refractivity (Wildman–Crippen MR) is 117 cm³/mol. The molecule has 6 nitrogen and oxygen atoms in total. The van der Waals surface area contributed by atoms with Crippen LogP contribution >= 0.6 is 0 Å². The number of furan rings is 1. The number of para-hydroxylation sites is 1. The summed E-state index contributed by atoms with van der Waals surface area (Å²) in [7, 11) is -3.17. The van der Waals surface area contributed by atoms with Crippen LogP contribution in [0.25, 0.3) is 11.0 Å². The largest absolute Gasteiger partial charge is 0.459 e. The fourth-order valence-electron chi connectivity index (χ4n) is 3.01. The van der Waals surface area contributed by atoms with Gasteiger partial charge in [-0.25, -0.2) is 8.42 Å². The van der Waals surface area contributed by atoms with Crippen molar-refractivity contribution in [2.45, 2.75) is 31.2 Å². The summed E-state index contributed by atoms with van der Waals surface area (Å²) in [5.41, 5.74) is 1.91. The molecule has 0 aliphatic heterocycles. The van der Waals surface area contributed by atoms with Gasteiger partial charge in [0.05, 0.1) is 10.9 Å². The number of hydrogen-bond donors (Lipinski definition) is 2. The molecule has 3 rings (SSSR count). The molecule has 29 heavy (non-hydrogen) atoms. The van der Waals surface area contributed by atoms with Gasteiger partial charge in [-0.3, -0.25) is 4.99 Å². The summed E-state index contributed by atoms with van der Waals surface area (Å²) in [6.07, 6.45) is 1.93. The van der Waals surface area contributed by atoms with Crippen LogP contribution in [0.2, 0.25) is 0 Å². The topological polar surface area (TPSA) is 83.7 Å². The second-order valence-corrected chi connectivity index (χ2v) is 9.00. The van der Waals surface area contributed by atoms with Crippen LogP contribution in [0.3, 0.4) is 0 Å². The van der Waals surface area contributed by atoms with E-state index in [1.807, 2.05) is 56.3 Å². The normalized spacial score (nSPS) is 13.4. The van der Waals surface area contributed by atoms with Crippen LogP contribution in [0.1, 0.15) is 31.2 Å². The van der Waals surface area contributed by atoms with Crippen molar-refractivity contribution in [2.24, 2.45) is 4.99 Å². The SMILES string of the molecule is CCNC(=NCCc1ccc(S(C)(=O)=O)cc1)NC(C)c1cc2ccccc2o1. The van der Waals surface area contributed by atoms with E-state index in [4.69, 9.17) is 4.42 Å². The Hall–Kier alpha value is -2.80. The van der Waals surface area contributed by atoms with Crippen molar-refractivity contribution in [2.75, 3.05) is 19.3 Å². The first kappa shape index (κ1) is 20.9. The Kier molecular flexibility index (Phi) is 6.59. The lowest BCUT2D eigenvalue weighted by atomic mass is 10.1. The van der Waals surface area contributed by atoms with Crippen LogP contribution in [0, 0.1) is 0 Å². The summed E-state index contributed by atoms with van der Waals surface area (Å²) in [6.45, 7) is 5.39. The van der Waals surface area contributed by atoms with Crippen LogP contribution in [-0.2, 0) is 16.3 Å². The van der Waals surface area contributed by atoms with E-state index in [0.29, 0.717) is 17.4 Å². The molecule has 1 unspecified atom stereocenters. The molecule has 0 bridgehead atoms. The maximum atomic E-state index is 11.6. The minimum absolute atomic E-state index is 0.0331. The molecule has 0 amide bonds. The molecule has 0 radical (unpaired) electrons. The van der Waals surface area contributed by atoms with Crippen LogP contribution in [0.5, 0.6) is 0 Å². The summed E-state index contributed by atoms with van der Waals surface area (Å²) >= 11 is 0. The summed E-state index contributed by atoms with van der Waals surface area (Å²) in [5, 5.41) is 7.71. The van der Waals surface area contributed by atoms with Crippen molar-refractivity contribution in [1.82, 2.24) is 10.6 Å². The minimum atomic E-state index is -3.17. The van der Waals surface area contributed by atoms with Crippen molar-refractivity contribution < 1.29 is 12.8 Å². The molecule has 1 aromatic heterocycles. The van der Waals surface area contributed by atoms with Crippen molar-refractivity contribution in [3.63, 3.8) is 0 Å². The van der Waals surface area contributed by atoms with E-state index >= 15 is 0 Å². The molecule has 7 heteroatoms. The summed E-state index contributed by atoms with van der Waals surface area (Å²) in [4.78, 5) is 4.97. The number of sulfone groups is 1. The average Bonchev–Trinajstić information content (AvgIpc) is 3.12. The molecule has 2 aromatic carbocycles. The van der Waals surface area contributed by atoms with Gasteiger partial charge in [0.1, 0.15) is 11.3 Å². The fourth-order valence-corrected chi connectivity index (χ4v) is 3.64. The first-order chi connectivity index (χ1) is 13.9. The molecule has 0 fully saturated rings. The number of hydrogen-bond acceptors (Lipinski definition) is 4. The van der Waals surface area contributed by atoms with Gasteiger partial charge in [-0.05, 0) is 50.1 Å². The summed E-state index contributed by atoms with van der Waals surface area (Å²) in [5.74, 6) is 1.57. The first-order valence-corrected chi connectivity index (χ1v) is 11.6. The number of rotatable bonds is 7. The maximum Gasteiger partial charge on any atom is 0.191 e. The molecule has 0 saturated carbocycles. The van der Waals surface area contributed by atoms with Gasteiger partial charge in [0.2, 0.25) is 0 Å². The Morgan fingerprint density at radius 2 is 1.86 bits per heavy atom. The standard InChI is InChI=1S/C22H27N3O3S/c1-4-23-22(24-14-13-17-9-11-19(12-10-17)29(3,26)27)25-16(2)21-15-18-7-5-6-8-20(18)28-21/h5-12,15-16H,4,13-14H2,1-3H3,(H2,23,24,25). The highest BCUT2D eigenvalue weighted by molar-refractivity contribution is 7.90. The Morgan fingerprint density at radius 1 is 1.14 bits per heavy atom. The predicted octanol–water partition coefficient (Wildman–Crippen LogP) is 3.70. The number of guanidine groups is 1. The molecule has 2 N–H and O–H groups in total. The second kappa shape index (κ2) is 9.13. The highest BCUT2D eigenvalue weighted by Gasteiger charge is 2.13. The number of benzene rings is 2. The van der Waals surface area contributed by atoms with Crippen molar-refractivity contribution in [1.29, 1.82) is 0 Å². The summed E-state index contributed by atoms with van der Waals surface area (Å²) < 4.78 is 29.0. The van der Waals surface area contributed by atoms with Gasteiger partial charge < -0.3 is 15.1 Å². The van der Waals surface area contributed by atoms with E-state index < -0.39 is 9.84 Å². The average molecular weight is 414 g/mol. The second-order valence-electron chi connectivity index (χ2n) is 6.98. The molecule has 0 spiro atoms. The molecule has 1 atom stereocenters. The number of nitrogens with zero attached hydrogens (tertiary/aromatic N) is 1. The monoisotopic (exact) mass is 413 g/mol. The van der Waals surface area contributed by atoms with Gasteiger partial charge in [-0.2, -0.15) is 0 Å². The Labute approximate surface area is 172 Å². The Morgan fingerprint density at radius 3 is 2.52 bits per heavy atom. The van der Waals surface area contributed by atoms with Crippen molar-refractivity contribution >= 4 is 26.8 Å². The maximum absolute atomic E-state index is 11.6. The van der Waals surface area contributed by atoms with Gasteiger partial charge in [0.25, 0.3) is 0 Å². The molecule has 0 saturated heterocycles.